The van der Waals surface area contributed by atoms with E-state index >= 15 is 0 Å². The molecule has 0 aliphatic carbocycles. The van der Waals surface area contributed by atoms with Crippen molar-refractivity contribution < 1.29 is 4.79 Å². The van der Waals surface area contributed by atoms with Crippen molar-refractivity contribution in [1.82, 2.24) is 9.88 Å². The predicted octanol–water partition coefficient (Wildman–Crippen LogP) is 4.01. The number of aromatic nitrogens is 1. The first kappa shape index (κ1) is 14.1. The SMILES string of the molecule is CCn1cc(C(=O)C2CCCN2)c2cc(Br)c(Cl)cc21. The molecule has 1 saturated heterocycles. The van der Waals surface area contributed by atoms with Crippen LogP contribution in [0.25, 0.3) is 10.9 Å². The van der Waals surface area contributed by atoms with Gasteiger partial charge in [0.15, 0.2) is 5.78 Å². The lowest BCUT2D eigenvalue weighted by atomic mass is 10.0. The zero-order valence-corrected chi connectivity index (χ0v) is 13.6. The van der Waals surface area contributed by atoms with Gasteiger partial charge in [0, 0.05) is 28.2 Å². The van der Waals surface area contributed by atoms with E-state index in [-0.39, 0.29) is 11.8 Å². The van der Waals surface area contributed by atoms with Gasteiger partial charge in [-0.25, -0.2) is 0 Å². The van der Waals surface area contributed by atoms with Crippen LogP contribution < -0.4 is 5.32 Å². The van der Waals surface area contributed by atoms with Crippen LogP contribution in [0.2, 0.25) is 5.02 Å². The molecule has 106 valence electrons. The van der Waals surface area contributed by atoms with E-state index in [2.05, 4.69) is 32.7 Å². The molecule has 1 fully saturated rings. The highest BCUT2D eigenvalue weighted by molar-refractivity contribution is 9.10. The number of nitrogens with one attached hydrogen (secondary N) is 1. The number of rotatable bonds is 3. The smallest absolute Gasteiger partial charge is 0.181 e. The molecule has 2 heterocycles. The van der Waals surface area contributed by atoms with E-state index in [0.717, 1.165) is 46.9 Å². The highest BCUT2D eigenvalue weighted by Gasteiger charge is 2.26. The fraction of sp³-hybridized carbons (Fsp3) is 0.400. The van der Waals surface area contributed by atoms with E-state index in [1.54, 1.807) is 0 Å². The van der Waals surface area contributed by atoms with Gasteiger partial charge in [-0.15, -0.1) is 0 Å². The van der Waals surface area contributed by atoms with Crippen molar-refractivity contribution in [3.05, 3.63) is 33.4 Å². The van der Waals surface area contributed by atoms with Gasteiger partial charge in [-0.2, -0.15) is 0 Å². The average Bonchev–Trinajstić information content (AvgIpc) is 3.06. The maximum Gasteiger partial charge on any atom is 0.181 e. The first-order chi connectivity index (χ1) is 9.61. The summed E-state index contributed by atoms with van der Waals surface area (Å²) in [4.78, 5) is 12.7. The number of fused-ring (bicyclic) bond motifs is 1. The molecule has 1 aromatic heterocycles. The van der Waals surface area contributed by atoms with Crippen molar-refractivity contribution in [2.45, 2.75) is 32.4 Å². The third kappa shape index (κ3) is 2.30. The normalized spacial score (nSPS) is 18.9. The highest BCUT2D eigenvalue weighted by atomic mass is 79.9. The van der Waals surface area contributed by atoms with E-state index in [0.29, 0.717) is 5.02 Å². The summed E-state index contributed by atoms with van der Waals surface area (Å²) in [5.74, 6) is 0.189. The molecule has 3 nitrogen and oxygen atoms in total. The van der Waals surface area contributed by atoms with Gasteiger partial charge in [0.2, 0.25) is 0 Å². The lowest BCUT2D eigenvalue weighted by Crippen LogP contribution is -2.30. The molecule has 5 heteroatoms. The monoisotopic (exact) mass is 354 g/mol. The standard InChI is InChI=1S/C15H16BrClN2O/c1-2-19-8-10(15(20)13-4-3-5-18-13)9-6-11(16)12(17)7-14(9)19/h6-8,13,18H,2-5H2,1H3. The molecule has 20 heavy (non-hydrogen) atoms. The predicted molar refractivity (Wildman–Crippen MR) is 85.7 cm³/mol. The molecule has 1 aromatic carbocycles. The van der Waals surface area contributed by atoms with Crippen LogP contribution in [-0.2, 0) is 6.54 Å². The summed E-state index contributed by atoms with van der Waals surface area (Å²) >= 11 is 9.62. The number of hydrogen-bond acceptors (Lipinski definition) is 2. The van der Waals surface area contributed by atoms with Crippen LogP contribution in [-0.4, -0.2) is 22.9 Å². The van der Waals surface area contributed by atoms with Gasteiger partial charge in [0.05, 0.1) is 16.6 Å². The molecular formula is C15H16BrClN2O. The van der Waals surface area contributed by atoms with Crippen molar-refractivity contribution in [3.8, 4) is 0 Å². The molecule has 0 radical (unpaired) electrons. The molecule has 3 rings (SSSR count). The molecule has 0 saturated carbocycles. The zero-order valence-electron chi connectivity index (χ0n) is 11.2. The number of carbonyl (C=O) groups is 1. The Hall–Kier alpha value is -0.840. The molecule has 1 aliphatic heterocycles. The molecule has 2 aromatic rings. The Kier molecular flexibility index (Phi) is 3.89. The fourth-order valence-electron chi connectivity index (χ4n) is 2.84. The number of Topliss-reactive ketones (excluding diaryl/α,β-unsaturated/α-hetero) is 1. The topological polar surface area (TPSA) is 34.0 Å². The summed E-state index contributed by atoms with van der Waals surface area (Å²) in [6.45, 7) is 3.82. The third-order valence-electron chi connectivity index (χ3n) is 3.91. The third-order valence-corrected chi connectivity index (χ3v) is 5.10. The molecule has 1 N–H and O–H groups in total. The van der Waals surface area contributed by atoms with Crippen molar-refractivity contribution in [2.24, 2.45) is 0 Å². The zero-order chi connectivity index (χ0) is 14.3. The maximum atomic E-state index is 12.7. The van der Waals surface area contributed by atoms with Crippen LogP contribution in [0.5, 0.6) is 0 Å². The van der Waals surface area contributed by atoms with Crippen LogP contribution >= 0.6 is 27.5 Å². The van der Waals surface area contributed by atoms with Crippen LogP contribution in [0.4, 0.5) is 0 Å². The van der Waals surface area contributed by atoms with Crippen molar-refractivity contribution in [3.63, 3.8) is 0 Å². The molecule has 1 aliphatic rings. The van der Waals surface area contributed by atoms with Gasteiger partial charge in [-0.05, 0) is 54.4 Å². The summed E-state index contributed by atoms with van der Waals surface area (Å²) in [5.41, 5.74) is 1.81. The second-order valence-electron chi connectivity index (χ2n) is 5.13. The number of nitrogens with zero attached hydrogens (tertiary/aromatic N) is 1. The van der Waals surface area contributed by atoms with E-state index in [9.17, 15) is 4.79 Å². The number of carbonyl (C=O) groups excluding carboxylic acids is 1. The molecule has 0 amide bonds. The molecule has 1 unspecified atom stereocenters. The minimum Gasteiger partial charge on any atom is -0.347 e. The van der Waals surface area contributed by atoms with Gasteiger partial charge in [-0.3, -0.25) is 4.79 Å². The van der Waals surface area contributed by atoms with Crippen LogP contribution in [0.3, 0.4) is 0 Å². The minimum absolute atomic E-state index is 0.0413. The van der Waals surface area contributed by atoms with Crippen LogP contribution in [0.1, 0.15) is 30.1 Å². The van der Waals surface area contributed by atoms with Crippen LogP contribution in [0, 0.1) is 0 Å². The van der Waals surface area contributed by atoms with Gasteiger partial charge in [-0.1, -0.05) is 11.6 Å². The van der Waals surface area contributed by atoms with Crippen LogP contribution in [0.15, 0.2) is 22.8 Å². The highest BCUT2D eigenvalue weighted by Crippen LogP contribution is 2.32. The summed E-state index contributed by atoms with van der Waals surface area (Å²) in [6.07, 6.45) is 3.94. The Morgan fingerprint density at radius 3 is 3.00 bits per heavy atom. The lowest BCUT2D eigenvalue weighted by molar-refractivity contribution is 0.0954. The Morgan fingerprint density at radius 1 is 1.55 bits per heavy atom. The summed E-state index contributed by atoms with van der Waals surface area (Å²) in [6, 6.07) is 3.83. The fourth-order valence-corrected chi connectivity index (χ4v) is 3.34. The lowest BCUT2D eigenvalue weighted by Gasteiger charge is -2.07. The minimum atomic E-state index is -0.0413. The largest absolute Gasteiger partial charge is 0.347 e. The van der Waals surface area contributed by atoms with Crippen molar-refractivity contribution in [1.29, 1.82) is 0 Å². The number of ketones is 1. The number of hydrogen-bond donors (Lipinski definition) is 1. The summed E-state index contributed by atoms with van der Waals surface area (Å²) in [7, 11) is 0. The van der Waals surface area contributed by atoms with Gasteiger partial charge in [0.25, 0.3) is 0 Å². The van der Waals surface area contributed by atoms with Crippen molar-refractivity contribution >= 4 is 44.2 Å². The Morgan fingerprint density at radius 2 is 2.35 bits per heavy atom. The number of halogens is 2. The second-order valence-corrected chi connectivity index (χ2v) is 6.39. The number of benzene rings is 1. The van der Waals surface area contributed by atoms with E-state index < -0.39 is 0 Å². The Balaban J connectivity index is 2.15. The first-order valence-corrected chi connectivity index (χ1v) is 8.04. The molecule has 0 spiro atoms. The van der Waals surface area contributed by atoms with E-state index in [1.165, 1.54) is 0 Å². The first-order valence-electron chi connectivity index (χ1n) is 6.87. The van der Waals surface area contributed by atoms with E-state index in [4.69, 9.17) is 11.6 Å². The molecule has 1 atom stereocenters. The molecule has 0 bridgehead atoms. The maximum absolute atomic E-state index is 12.7. The van der Waals surface area contributed by atoms with Gasteiger partial charge in [0.1, 0.15) is 0 Å². The summed E-state index contributed by atoms with van der Waals surface area (Å²) in [5, 5.41) is 4.92. The Bertz CT molecular complexity index is 674. The Labute approximate surface area is 131 Å². The van der Waals surface area contributed by atoms with Gasteiger partial charge < -0.3 is 9.88 Å². The van der Waals surface area contributed by atoms with Crippen molar-refractivity contribution in [2.75, 3.05) is 6.54 Å². The second kappa shape index (κ2) is 5.51. The average molecular weight is 356 g/mol. The number of aryl methyl sites for hydroxylation is 1. The molecular weight excluding hydrogens is 340 g/mol. The summed E-state index contributed by atoms with van der Waals surface area (Å²) < 4.78 is 2.91. The quantitative estimate of drug-likeness (QED) is 0.844. The van der Waals surface area contributed by atoms with Gasteiger partial charge >= 0.3 is 0 Å². The van der Waals surface area contributed by atoms with E-state index in [1.807, 2.05) is 18.3 Å².